The summed E-state index contributed by atoms with van der Waals surface area (Å²) in [7, 11) is 0. The zero-order chi connectivity index (χ0) is 27.3. The molecule has 6 rings (SSSR count). The number of benzene rings is 4. The van der Waals surface area contributed by atoms with Crippen molar-refractivity contribution in [1.82, 2.24) is 0 Å². The number of para-hydroxylation sites is 1. The van der Waals surface area contributed by atoms with Gasteiger partial charge in [-0.3, -0.25) is 10.1 Å². The second kappa shape index (κ2) is 9.33. The number of nitrogens with zero attached hydrogens (tertiary/aromatic N) is 3. The summed E-state index contributed by atoms with van der Waals surface area (Å²) < 4.78 is 5.96. The molecule has 0 aliphatic carbocycles. The van der Waals surface area contributed by atoms with Crippen LogP contribution in [0.5, 0.6) is 5.75 Å². The molecule has 4 aromatic rings. The van der Waals surface area contributed by atoms with Crippen molar-refractivity contribution in [3.8, 4) is 16.9 Å². The van der Waals surface area contributed by atoms with Gasteiger partial charge in [0.1, 0.15) is 12.4 Å². The van der Waals surface area contributed by atoms with Crippen LogP contribution in [-0.2, 0) is 17.8 Å². The summed E-state index contributed by atoms with van der Waals surface area (Å²) in [5.41, 5.74) is 8.45. The van der Waals surface area contributed by atoms with E-state index in [1.54, 1.807) is 19.1 Å². The molecule has 0 saturated carbocycles. The average Bonchev–Trinajstić information content (AvgIpc) is 3.47. The van der Waals surface area contributed by atoms with Crippen molar-refractivity contribution in [3.05, 3.63) is 127 Å². The molecule has 0 aromatic heterocycles. The summed E-state index contributed by atoms with van der Waals surface area (Å²) in [5.74, 6) is -0.314. The molecule has 0 spiro atoms. The molecule has 0 radical (unpaired) electrons. The van der Waals surface area contributed by atoms with Gasteiger partial charge < -0.3 is 9.84 Å². The van der Waals surface area contributed by atoms with Gasteiger partial charge in [-0.1, -0.05) is 30.3 Å². The summed E-state index contributed by atoms with van der Waals surface area (Å²) in [5, 5.41) is 21.9. The number of aliphatic carboxylic acids is 1. The van der Waals surface area contributed by atoms with Gasteiger partial charge in [0.2, 0.25) is 0 Å². The van der Waals surface area contributed by atoms with Crippen molar-refractivity contribution in [1.29, 1.82) is 0 Å². The Kier molecular flexibility index (Phi) is 5.80. The van der Waals surface area contributed by atoms with Crippen molar-refractivity contribution in [2.24, 2.45) is 9.98 Å². The molecule has 0 amide bonds. The molecular weight excluding hydrogens is 494 g/mol. The van der Waals surface area contributed by atoms with Crippen molar-refractivity contribution in [2.45, 2.75) is 26.9 Å². The predicted octanol–water partition coefficient (Wildman–Crippen LogP) is 5.45. The SMILES string of the molecule is CC1=C(C(=O)O)N=c2cc3c(c(C)c21)=Nc1c(Cc2cccc(OCc4ccc([N+](=O)[O-])cc4)c2)cccc1-3. The highest BCUT2D eigenvalue weighted by molar-refractivity contribution is 5.98. The lowest BCUT2D eigenvalue weighted by Gasteiger charge is -2.10. The molecule has 0 bridgehead atoms. The Hall–Kier alpha value is -5.11. The van der Waals surface area contributed by atoms with Crippen molar-refractivity contribution >= 4 is 22.9 Å². The number of nitro groups is 1. The quantitative estimate of drug-likeness (QED) is 0.228. The van der Waals surface area contributed by atoms with Crippen LogP contribution in [0.2, 0.25) is 0 Å². The monoisotopic (exact) mass is 517 g/mol. The maximum Gasteiger partial charge on any atom is 0.354 e. The summed E-state index contributed by atoms with van der Waals surface area (Å²) in [4.78, 5) is 31.5. The number of carboxylic acid groups (broad SMARTS) is 1. The fraction of sp³-hybridized carbons (Fsp3) is 0.129. The van der Waals surface area contributed by atoms with Crippen LogP contribution in [-0.4, -0.2) is 16.0 Å². The topological polar surface area (TPSA) is 114 Å². The van der Waals surface area contributed by atoms with Gasteiger partial charge in [-0.2, -0.15) is 0 Å². The van der Waals surface area contributed by atoms with Gasteiger partial charge in [0.05, 0.1) is 21.3 Å². The van der Waals surface area contributed by atoms with E-state index in [9.17, 15) is 20.0 Å². The molecule has 192 valence electrons. The minimum Gasteiger partial charge on any atom is -0.489 e. The lowest BCUT2D eigenvalue weighted by molar-refractivity contribution is -0.384. The Morgan fingerprint density at radius 1 is 0.949 bits per heavy atom. The molecule has 8 heteroatoms. The first-order valence-electron chi connectivity index (χ1n) is 12.4. The molecular formula is C31H23N3O5. The van der Waals surface area contributed by atoms with Crippen LogP contribution in [0.4, 0.5) is 11.4 Å². The fourth-order valence-electron chi connectivity index (χ4n) is 5.27. The van der Waals surface area contributed by atoms with E-state index in [0.29, 0.717) is 29.7 Å². The van der Waals surface area contributed by atoms with E-state index in [0.717, 1.165) is 50.0 Å². The number of ether oxygens (including phenoxy) is 1. The highest BCUT2D eigenvalue weighted by atomic mass is 16.6. The molecule has 2 aliphatic heterocycles. The summed E-state index contributed by atoms with van der Waals surface area (Å²) in [6.07, 6.45) is 0.653. The highest BCUT2D eigenvalue weighted by Crippen LogP contribution is 2.38. The normalized spacial score (nSPS) is 12.8. The number of nitro benzene ring substituents is 1. The van der Waals surface area contributed by atoms with E-state index in [1.165, 1.54) is 12.1 Å². The summed E-state index contributed by atoms with van der Waals surface area (Å²) in [6.45, 7) is 4.07. The lowest BCUT2D eigenvalue weighted by atomic mass is 9.94. The molecule has 1 N–H and O–H groups in total. The standard InChI is InChI=1S/C31H23N3O5/c1-17-27-18(2)29(31(35)36)32-26(27)15-25-24-8-4-6-21(30(24)33-28(17)25)13-20-5-3-7-23(14-20)39-16-19-9-11-22(12-10-19)34(37)38/h3-12,14-15H,13,16H2,1-2H3,(H,35,36). The molecule has 39 heavy (non-hydrogen) atoms. The number of hydrogen-bond acceptors (Lipinski definition) is 6. The van der Waals surface area contributed by atoms with Crippen LogP contribution >= 0.6 is 0 Å². The molecule has 4 aromatic carbocycles. The van der Waals surface area contributed by atoms with Crippen LogP contribution < -0.4 is 15.5 Å². The third kappa shape index (κ3) is 4.25. The van der Waals surface area contributed by atoms with Crippen LogP contribution in [0, 0.1) is 17.0 Å². The van der Waals surface area contributed by atoms with E-state index in [1.807, 2.05) is 49.4 Å². The second-order valence-electron chi connectivity index (χ2n) is 9.64. The Bertz CT molecular complexity index is 1860. The van der Waals surface area contributed by atoms with Gasteiger partial charge in [0, 0.05) is 28.8 Å². The zero-order valence-electron chi connectivity index (χ0n) is 21.3. The number of fused-ring (bicyclic) bond motifs is 4. The van der Waals surface area contributed by atoms with Crippen molar-refractivity contribution in [3.63, 3.8) is 0 Å². The van der Waals surface area contributed by atoms with Crippen LogP contribution in [0.1, 0.15) is 34.7 Å². The van der Waals surface area contributed by atoms with Crippen LogP contribution in [0.15, 0.2) is 88.5 Å². The van der Waals surface area contributed by atoms with Gasteiger partial charge in [-0.05, 0) is 78.4 Å². The molecule has 0 atom stereocenters. The van der Waals surface area contributed by atoms with Gasteiger partial charge in [-0.15, -0.1) is 0 Å². The van der Waals surface area contributed by atoms with E-state index >= 15 is 0 Å². The maximum absolute atomic E-state index is 11.6. The largest absolute Gasteiger partial charge is 0.489 e. The van der Waals surface area contributed by atoms with E-state index in [-0.39, 0.29) is 11.4 Å². The molecule has 2 heterocycles. The minimum atomic E-state index is -1.03. The molecule has 2 aliphatic rings. The van der Waals surface area contributed by atoms with E-state index in [4.69, 9.17) is 9.73 Å². The van der Waals surface area contributed by atoms with Crippen LogP contribution in [0.25, 0.3) is 16.7 Å². The number of carboxylic acids is 1. The Balaban J connectivity index is 1.27. The Morgan fingerprint density at radius 2 is 1.72 bits per heavy atom. The van der Waals surface area contributed by atoms with Gasteiger partial charge in [0.25, 0.3) is 5.69 Å². The van der Waals surface area contributed by atoms with Gasteiger partial charge in [-0.25, -0.2) is 14.8 Å². The summed E-state index contributed by atoms with van der Waals surface area (Å²) in [6, 6.07) is 22.3. The van der Waals surface area contributed by atoms with Gasteiger partial charge >= 0.3 is 5.97 Å². The van der Waals surface area contributed by atoms with Crippen molar-refractivity contribution in [2.75, 3.05) is 0 Å². The first-order chi connectivity index (χ1) is 18.8. The third-order valence-corrected chi connectivity index (χ3v) is 7.17. The van der Waals surface area contributed by atoms with Gasteiger partial charge in [0.15, 0.2) is 5.70 Å². The Morgan fingerprint density at radius 3 is 2.46 bits per heavy atom. The molecule has 8 nitrogen and oxygen atoms in total. The molecule has 0 fully saturated rings. The number of allylic oxidation sites excluding steroid dienone is 1. The first-order valence-corrected chi connectivity index (χ1v) is 12.4. The predicted molar refractivity (Wildman–Crippen MR) is 145 cm³/mol. The number of carbonyl (C=O) groups is 1. The third-order valence-electron chi connectivity index (χ3n) is 7.17. The number of rotatable bonds is 7. The average molecular weight is 518 g/mol. The number of hydrogen-bond donors (Lipinski definition) is 1. The highest BCUT2D eigenvalue weighted by Gasteiger charge is 2.26. The summed E-state index contributed by atoms with van der Waals surface area (Å²) >= 11 is 0. The fourth-order valence-corrected chi connectivity index (χ4v) is 5.27. The zero-order valence-corrected chi connectivity index (χ0v) is 21.3. The van der Waals surface area contributed by atoms with E-state index < -0.39 is 10.9 Å². The molecule has 0 saturated heterocycles. The lowest BCUT2D eigenvalue weighted by Crippen LogP contribution is -2.18. The number of non-ortho nitro benzene ring substituents is 1. The Labute approximate surface area is 223 Å². The van der Waals surface area contributed by atoms with E-state index in [2.05, 4.69) is 11.1 Å². The first kappa shape index (κ1) is 24.2. The van der Waals surface area contributed by atoms with Crippen LogP contribution in [0.3, 0.4) is 0 Å². The minimum absolute atomic E-state index is 0.0505. The molecule has 0 unspecified atom stereocenters. The smallest absolute Gasteiger partial charge is 0.354 e. The maximum atomic E-state index is 11.6. The second-order valence-corrected chi connectivity index (χ2v) is 9.64. The van der Waals surface area contributed by atoms with Crippen molar-refractivity contribution < 1.29 is 19.6 Å².